The number of hydrogen-bond acceptors (Lipinski definition) is 5. The van der Waals surface area contributed by atoms with Gasteiger partial charge in [0.25, 0.3) is 0 Å². The van der Waals surface area contributed by atoms with Crippen molar-refractivity contribution in [3.63, 3.8) is 0 Å². The van der Waals surface area contributed by atoms with Gasteiger partial charge in [0.1, 0.15) is 5.69 Å². The van der Waals surface area contributed by atoms with Crippen LogP contribution in [0.3, 0.4) is 0 Å². The predicted octanol–water partition coefficient (Wildman–Crippen LogP) is 1.74. The fourth-order valence-electron chi connectivity index (χ4n) is 2.66. The molecule has 1 aliphatic rings. The second kappa shape index (κ2) is 6.85. The van der Waals surface area contributed by atoms with E-state index in [0.717, 1.165) is 25.1 Å². The highest BCUT2D eigenvalue weighted by molar-refractivity contribution is 7.80. The molecule has 20 heavy (non-hydrogen) atoms. The van der Waals surface area contributed by atoms with Crippen molar-refractivity contribution >= 4 is 17.2 Å². The molecule has 1 atom stereocenters. The van der Waals surface area contributed by atoms with E-state index in [4.69, 9.17) is 27.4 Å². The minimum absolute atomic E-state index is 0.149. The number of pyridine rings is 1. The minimum atomic E-state index is 0.149. The van der Waals surface area contributed by atoms with E-state index in [1.54, 1.807) is 26.5 Å². The average Bonchev–Trinajstić information content (AvgIpc) is 2.47. The van der Waals surface area contributed by atoms with E-state index in [9.17, 15) is 0 Å². The Balaban J connectivity index is 2.22. The molecular formula is C14H21N3O2S. The highest BCUT2D eigenvalue weighted by Crippen LogP contribution is 2.31. The summed E-state index contributed by atoms with van der Waals surface area (Å²) in [6, 6.07) is 1.94. The second-order valence-corrected chi connectivity index (χ2v) is 5.35. The molecule has 2 rings (SSSR count). The van der Waals surface area contributed by atoms with Crippen LogP contribution in [0.4, 0.5) is 0 Å². The van der Waals surface area contributed by atoms with Crippen LogP contribution >= 0.6 is 12.2 Å². The number of thiocarbonyl (C=S) groups is 1. The summed E-state index contributed by atoms with van der Waals surface area (Å²) in [5.41, 5.74) is 6.71. The van der Waals surface area contributed by atoms with Crippen molar-refractivity contribution in [2.24, 2.45) is 5.73 Å². The quantitative estimate of drug-likeness (QED) is 0.835. The van der Waals surface area contributed by atoms with Crippen molar-refractivity contribution in [3.05, 3.63) is 18.0 Å². The Morgan fingerprint density at radius 2 is 2.25 bits per heavy atom. The first-order chi connectivity index (χ1) is 9.67. The SMILES string of the molecule is COc1ccnc(CN2CCCCC2C(N)=S)c1OC. The fraction of sp³-hybridized carbons (Fsp3) is 0.571. The Kier molecular flexibility index (Phi) is 5.14. The standard InChI is InChI=1S/C14H21N3O2S/c1-18-12-6-7-16-10(13(12)19-2)9-17-8-4-3-5-11(17)14(15)20/h6-7,11H,3-5,8-9H2,1-2H3,(H2,15,20). The maximum atomic E-state index is 5.85. The lowest BCUT2D eigenvalue weighted by atomic mass is 10.0. The maximum absolute atomic E-state index is 5.85. The minimum Gasteiger partial charge on any atom is -0.493 e. The lowest BCUT2D eigenvalue weighted by molar-refractivity contribution is 0.180. The Morgan fingerprint density at radius 3 is 2.90 bits per heavy atom. The molecule has 1 aliphatic heterocycles. The number of ether oxygens (including phenoxy) is 2. The topological polar surface area (TPSA) is 60.6 Å². The van der Waals surface area contributed by atoms with Crippen LogP contribution in [0, 0.1) is 0 Å². The van der Waals surface area contributed by atoms with Gasteiger partial charge in [-0.05, 0) is 19.4 Å². The smallest absolute Gasteiger partial charge is 0.183 e. The molecule has 0 aliphatic carbocycles. The first-order valence-electron chi connectivity index (χ1n) is 6.76. The monoisotopic (exact) mass is 295 g/mol. The van der Waals surface area contributed by atoms with Crippen LogP contribution in [-0.4, -0.2) is 41.7 Å². The summed E-state index contributed by atoms with van der Waals surface area (Å²) in [6.45, 7) is 1.65. The van der Waals surface area contributed by atoms with E-state index in [2.05, 4.69) is 9.88 Å². The Hall–Kier alpha value is -1.40. The summed E-state index contributed by atoms with van der Waals surface area (Å²) in [5.74, 6) is 1.38. The maximum Gasteiger partial charge on any atom is 0.183 e. The summed E-state index contributed by atoms with van der Waals surface area (Å²) in [5, 5.41) is 0. The van der Waals surface area contributed by atoms with Crippen molar-refractivity contribution < 1.29 is 9.47 Å². The van der Waals surface area contributed by atoms with Crippen LogP contribution in [-0.2, 0) is 6.54 Å². The summed E-state index contributed by atoms with van der Waals surface area (Å²) >= 11 is 5.18. The molecule has 0 bridgehead atoms. The van der Waals surface area contributed by atoms with Crippen molar-refractivity contribution in [2.45, 2.75) is 31.8 Å². The van der Waals surface area contributed by atoms with Gasteiger partial charge in [-0.1, -0.05) is 18.6 Å². The van der Waals surface area contributed by atoms with Crippen LogP contribution in [0.1, 0.15) is 25.0 Å². The molecule has 0 aromatic carbocycles. The summed E-state index contributed by atoms with van der Waals surface area (Å²) in [6.07, 6.45) is 5.07. The normalized spacial score (nSPS) is 19.6. The first kappa shape index (κ1) is 15.0. The average molecular weight is 295 g/mol. The van der Waals surface area contributed by atoms with E-state index >= 15 is 0 Å². The largest absolute Gasteiger partial charge is 0.493 e. The van der Waals surface area contributed by atoms with Gasteiger partial charge < -0.3 is 15.2 Å². The number of likely N-dealkylation sites (tertiary alicyclic amines) is 1. The van der Waals surface area contributed by atoms with E-state index in [0.29, 0.717) is 23.0 Å². The molecule has 2 heterocycles. The van der Waals surface area contributed by atoms with Crippen molar-refractivity contribution in [1.82, 2.24) is 9.88 Å². The van der Waals surface area contributed by atoms with Gasteiger partial charge in [-0.3, -0.25) is 9.88 Å². The Labute approximate surface area is 125 Å². The molecule has 1 unspecified atom stereocenters. The molecule has 6 heteroatoms. The predicted molar refractivity (Wildman–Crippen MR) is 82.2 cm³/mol. The van der Waals surface area contributed by atoms with Crippen molar-refractivity contribution in [2.75, 3.05) is 20.8 Å². The number of methoxy groups -OCH3 is 2. The fourth-order valence-corrected chi connectivity index (χ4v) is 2.92. The lowest BCUT2D eigenvalue weighted by Crippen LogP contribution is -2.46. The van der Waals surface area contributed by atoms with E-state index in [1.807, 2.05) is 0 Å². The molecule has 0 radical (unpaired) electrons. The van der Waals surface area contributed by atoms with Crippen LogP contribution in [0.5, 0.6) is 11.5 Å². The molecule has 0 amide bonds. The molecule has 1 saturated heterocycles. The zero-order valence-electron chi connectivity index (χ0n) is 12.0. The second-order valence-electron chi connectivity index (χ2n) is 4.88. The van der Waals surface area contributed by atoms with Crippen molar-refractivity contribution in [3.8, 4) is 11.5 Å². The van der Waals surface area contributed by atoms with E-state index < -0.39 is 0 Å². The molecular weight excluding hydrogens is 274 g/mol. The molecule has 110 valence electrons. The highest BCUT2D eigenvalue weighted by Gasteiger charge is 2.26. The first-order valence-corrected chi connectivity index (χ1v) is 7.17. The Morgan fingerprint density at radius 1 is 1.45 bits per heavy atom. The summed E-state index contributed by atoms with van der Waals surface area (Å²) in [7, 11) is 3.25. The molecule has 1 fully saturated rings. The zero-order valence-corrected chi connectivity index (χ0v) is 12.8. The van der Waals surface area contributed by atoms with Crippen LogP contribution < -0.4 is 15.2 Å². The van der Waals surface area contributed by atoms with Crippen molar-refractivity contribution in [1.29, 1.82) is 0 Å². The molecule has 2 N–H and O–H groups in total. The van der Waals surface area contributed by atoms with Crippen LogP contribution in [0.2, 0.25) is 0 Å². The third-order valence-electron chi connectivity index (χ3n) is 3.66. The number of piperidine rings is 1. The van der Waals surface area contributed by atoms with E-state index in [1.165, 1.54) is 6.42 Å². The molecule has 0 spiro atoms. The Bertz CT molecular complexity index is 481. The van der Waals surface area contributed by atoms with Gasteiger partial charge in [0, 0.05) is 18.8 Å². The van der Waals surface area contributed by atoms with Gasteiger partial charge in [0.15, 0.2) is 11.5 Å². The third kappa shape index (κ3) is 3.19. The number of aromatic nitrogens is 1. The van der Waals surface area contributed by atoms with Gasteiger partial charge >= 0.3 is 0 Å². The number of nitrogens with two attached hydrogens (primary N) is 1. The van der Waals surface area contributed by atoms with Gasteiger partial charge in [-0.15, -0.1) is 0 Å². The number of rotatable bonds is 5. The molecule has 5 nitrogen and oxygen atoms in total. The summed E-state index contributed by atoms with van der Waals surface area (Å²) < 4.78 is 10.7. The lowest BCUT2D eigenvalue weighted by Gasteiger charge is -2.34. The summed E-state index contributed by atoms with van der Waals surface area (Å²) in [4.78, 5) is 7.25. The number of nitrogens with zero attached hydrogens (tertiary/aromatic N) is 2. The van der Waals surface area contributed by atoms with Crippen LogP contribution in [0.25, 0.3) is 0 Å². The third-order valence-corrected chi connectivity index (χ3v) is 3.93. The van der Waals surface area contributed by atoms with Gasteiger partial charge in [-0.2, -0.15) is 0 Å². The van der Waals surface area contributed by atoms with E-state index in [-0.39, 0.29) is 6.04 Å². The molecule has 1 aromatic heterocycles. The zero-order chi connectivity index (χ0) is 14.5. The highest BCUT2D eigenvalue weighted by atomic mass is 32.1. The van der Waals surface area contributed by atoms with Crippen LogP contribution in [0.15, 0.2) is 12.3 Å². The molecule has 1 aromatic rings. The van der Waals surface area contributed by atoms with Gasteiger partial charge in [0.2, 0.25) is 0 Å². The van der Waals surface area contributed by atoms with Gasteiger partial charge in [-0.25, -0.2) is 0 Å². The van der Waals surface area contributed by atoms with Gasteiger partial charge in [0.05, 0.1) is 25.2 Å². The number of hydrogen-bond donors (Lipinski definition) is 1. The molecule has 0 saturated carbocycles.